The van der Waals surface area contributed by atoms with E-state index < -0.39 is 20.1 Å². The summed E-state index contributed by atoms with van der Waals surface area (Å²) >= 11 is 1.82. The second kappa shape index (κ2) is 12.0. The van der Waals surface area contributed by atoms with E-state index in [1.165, 1.54) is 31.0 Å². The zero-order valence-corrected chi connectivity index (χ0v) is 29.5. The molecular formula is C39H38N4S3. The zero-order valence-electron chi connectivity index (χ0n) is 27.1. The summed E-state index contributed by atoms with van der Waals surface area (Å²) in [4.78, 5) is 22.6. The molecule has 0 unspecified atom stereocenters. The van der Waals surface area contributed by atoms with Crippen LogP contribution in [0.15, 0.2) is 141 Å². The topological polar surface area (TPSA) is 41.9 Å². The van der Waals surface area contributed by atoms with Gasteiger partial charge in [-0.25, -0.2) is 35.0 Å². The minimum Gasteiger partial charge on any atom is -0.308 e. The Morgan fingerprint density at radius 2 is 0.783 bits per heavy atom. The van der Waals surface area contributed by atoms with Crippen LogP contribution in [0.3, 0.4) is 0 Å². The average Bonchev–Trinajstić information content (AvgIpc) is 3.06. The van der Waals surface area contributed by atoms with Crippen LogP contribution in [0.4, 0.5) is 17.1 Å². The lowest BCUT2D eigenvalue weighted by atomic mass is 10.1. The average molecular weight is 659 g/mol. The van der Waals surface area contributed by atoms with Crippen LogP contribution < -0.4 is 4.90 Å². The molecule has 0 spiro atoms. The second-order valence-electron chi connectivity index (χ2n) is 12.9. The fourth-order valence-electron chi connectivity index (χ4n) is 5.53. The summed E-state index contributed by atoms with van der Waals surface area (Å²) in [5, 5.41) is 0. The van der Waals surface area contributed by atoms with E-state index in [0.717, 1.165) is 22.4 Å². The van der Waals surface area contributed by atoms with E-state index in [1.54, 1.807) is 0 Å². The number of para-hydroxylation sites is 2. The Labute approximate surface area is 280 Å². The summed E-state index contributed by atoms with van der Waals surface area (Å²) in [5.74, 6) is 2.03. The van der Waals surface area contributed by atoms with E-state index in [1.807, 2.05) is 11.8 Å². The molecule has 7 rings (SSSR count). The molecule has 7 heteroatoms. The fourth-order valence-corrected chi connectivity index (χ4v) is 8.49. The van der Waals surface area contributed by atoms with Crippen LogP contribution in [-0.2, 0) is 0 Å². The Kier molecular flexibility index (Phi) is 7.96. The summed E-state index contributed by atoms with van der Waals surface area (Å²) in [6.07, 6.45) is 13.9. The Morgan fingerprint density at radius 1 is 0.435 bits per heavy atom. The van der Waals surface area contributed by atoms with E-state index in [2.05, 4.69) is 164 Å². The summed E-state index contributed by atoms with van der Waals surface area (Å²) in [5.41, 5.74) is 6.40. The van der Waals surface area contributed by atoms with Crippen molar-refractivity contribution in [3.63, 3.8) is 0 Å². The minimum absolute atomic E-state index is 0.664. The highest BCUT2D eigenvalue weighted by Gasteiger charge is 2.24. The van der Waals surface area contributed by atoms with Gasteiger partial charge in [-0.1, -0.05) is 60.3 Å². The van der Waals surface area contributed by atoms with Crippen molar-refractivity contribution in [2.75, 3.05) is 42.4 Å². The van der Waals surface area contributed by atoms with Crippen LogP contribution >= 0.6 is 31.8 Å². The quantitative estimate of drug-likeness (QED) is 0.178. The first kappa shape index (κ1) is 30.6. The number of aromatic nitrogens is 3. The largest absolute Gasteiger partial charge is 0.308 e. The van der Waals surface area contributed by atoms with Gasteiger partial charge in [-0.3, -0.25) is 0 Å². The molecule has 232 valence electrons. The van der Waals surface area contributed by atoms with Crippen LogP contribution in [0, 0.1) is 0 Å². The molecule has 2 heterocycles. The third-order valence-corrected chi connectivity index (χ3v) is 12.6. The van der Waals surface area contributed by atoms with Gasteiger partial charge in [-0.15, -0.1) is 0 Å². The maximum absolute atomic E-state index is 5.03. The molecule has 0 radical (unpaired) electrons. The molecule has 0 bridgehead atoms. The Morgan fingerprint density at radius 3 is 1.15 bits per heavy atom. The normalized spacial score (nSPS) is 13.6. The molecule has 0 fully saturated rings. The van der Waals surface area contributed by atoms with E-state index in [0.29, 0.717) is 17.5 Å². The maximum atomic E-state index is 5.03. The third-order valence-electron chi connectivity index (χ3n) is 8.09. The van der Waals surface area contributed by atoms with E-state index in [-0.39, 0.29) is 0 Å². The van der Waals surface area contributed by atoms with Gasteiger partial charge in [-0.05, 0) is 120 Å². The van der Waals surface area contributed by atoms with Gasteiger partial charge < -0.3 is 4.90 Å². The van der Waals surface area contributed by atoms with Crippen LogP contribution in [0.25, 0.3) is 34.2 Å². The summed E-state index contributed by atoms with van der Waals surface area (Å²) < 4.78 is 0. The van der Waals surface area contributed by atoms with E-state index in [9.17, 15) is 0 Å². The summed E-state index contributed by atoms with van der Waals surface area (Å²) in [7, 11) is -1.66. The predicted octanol–water partition coefficient (Wildman–Crippen LogP) is 10.9. The first-order valence-corrected chi connectivity index (χ1v) is 21.7. The summed E-state index contributed by atoms with van der Waals surface area (Å²) in [6, 6.07) is 43.2. The highest BCUT2D eigenvalue weighted by Crippen LogP contribution is 2.51. The molecule has 0 aliphatic carbocycles. The number of hydrogen-bond acceptors (Lipinski definition) is 5. The van der Waals surface area contributed by atoms with Gasteiger partial charge in [0.1, 0.15) is 0 Å². The number of rotatable bonds is 6. The second-order valence-corrected chi connectivity index (χ2v) is 22.3. The fraction of sp³-hybridized carbons (Fsp3) is 0.154. The lowest BCUT2D eigenvalue weighted by molar-refractivity contribution is 1.07. The predicted molar refractivity (Wildman–Crippen MR) is 202 cm³/mol. The molecule has 0 amide bonds. The van der Waals surface area contributed by atoms with Gasteiger partial charge in [0, 0.05) is 32.2 Å². The lowest BCUT2D eigenvalue weighted by Crippen LogP contribution is -2.14. The van der Waals surface area contributed by atoms with Crippen molar-refractivity contribution in [1.29, 1.82) is 0 Å². The SMILES string of the molecule is CS(C)(C)c1ccc(-c2nc(-c3ccc(N4c5ccccc5Sc5ccccc54)cc3)nc(-c3ccc(S(C)(C)C)cc3)n2)cc1. The van der Waals surface area contributed by atoms with Crippen molar-refractivity contribution >= 4 is 48.9 Å². The monoisotopic (exact) mass is 658 g/mol. The van der Waals surface area contributed by atoms with Gasteiger partial charge in [-0.2, -0.15) is 0 Å². The number of hydrogen-bond donors (Lipinski definition) is 0. The molecule has 46 heavy (non-hydrogen) atoms. The van der Waals surface area contributed by atoms with Crippen LogP contribution in [0.1, 0.15) is 0 Å². The van der Waals surface area contributed by atoms with Gasteiger partial charge >= 0.3 is 0 Å². The molecule has 0 saturated carbocycles. The first-order chi connectivity index (χ1) is 22.0. The number of benzene rings is 5. The molecule has 0 saturated heterocycles. The first-order valence-electron chi connectivity index (χ1n) is 15.1. The summed E-state index contributed by atoms with van der Waals surface area (Å²) in [6.45, 7) is 0. The van der Waals surface area contributed by atoms with Gasteiger partial charge in [0.05, 0.1) is 11.4 Å². The smallest absolute Gasteiger partial charge is 0.164 e. The van der Waals surface area contributed by atoms with Gasteiger partial charge in [0.15, 0.2) is 17.5 Å². The van der Waals surface area contributed by atoms with Gasteiger partial charge in [0.25, 0.3) is 0 Å². The molecule has 1 aliphatic rings. The maximum Gasteiger partial charge on any atom is 0.164 e. The van der Waals surface area contributed by atoms with Crippen molar-refractivity contribution in [3.05, 3.63) is 121 Å². The van der Waals surface area contributed by atoms with Crippen molar-refractivity contribution in [3.8, 4) is 34.2 Å². The Balaban J connectivity index is 1.31. The number of anilines is 3. The molecule has 6 aromatic rings. The van der Waals surface area contributed by atoms with Crippen LogP contribution in [0.2, 0.25) is 0 Å². The molecule has 4 nitrogen and oxygen atoms in total. The van der Waals surface area contributed by atoms with Gasteiger partial charge in [0.2, 0.25) is 0 Å². The van der Waals surface area contributed by atoms with Crippen molar-refractivity contribution in [2.45, 2.75) is 19.6 Å². The molecule has 0 N–H and O–H groups in total. The molecule has 1 aromatic heterocycles. The van der Waals surface area contributed by atoms with Crippen LogP contribution in [0.5, 0.6) is 0 Å². The Hall–Kier alpha value is -4.04. The van der Waals surface area contributed by atoms with E-state index >= 15 is 0 Å². The number of nitrogens with zero attached hydrogens (tertiary/aromatic N) is 4. The number of fused-ring (bicyclic) bond motifs is 2. The third kappa shape index (κ3) is 6.07. The molecule has 5 aromatic carbocycles. The van der Waals surface area contributed by atoms with Crippen molar-refractivity contribution in [2.24, 2.45) is 0 Å². The van der Waals surface area contributed by atoms with E-state index in [4.69, 9.17) is 15.0 Å². The van der Waals surface area contributed by atoms with Crippen LogP contribution in [-0.4, -0.2) is 52.5 Å². The standard InChI is InChI=1S/C39H38N4S3/c1-45(2,3)31-23-17-28(18-24-31)38-40-37(41-39(42-38)29-19-25-32(26-20-29)46(4,5)6)27-15-21-30(22-16-27)43-33-11-7-9-13-35(33)44-36-14-10-8-12-34(36)43/h7-26H,1-6H3. The highest BCUT2D eigenvalue weighted by atomic mass is 32.3. The Bertz CT molecular complexity index is 1900. The molecule has 1 aliphatic heterocycles. The minimum atomic E-state index is -0.828. The lowest BCUT2D eigenvalue weighted by Gasteiger charge is -2.32. The zero-order chi connectivity index (χ0) is 32.1. The van der Waals surface area contributed by atoms with Crippen molar-refractivity contribution in [1.82, 2.24) is 15.0 Å². The molecule has 0 atom stereocenters. The van der Waals surface area contributed by atoms with Crippen molar-refractivity contribution < 1.29 is 0 Å². The molecular weight excluding hydrogens is 621 g/mol. The highest BCUT2D eigenvalue weighted by molar-refractivity contribution is 8.32.